The van der Waals surface area contributed by atoms with E-state index in [0.29, 0.717) is 33.9 Å². The maximum absolute atomic E-state index is 12.7. The maximum atomic E-state index is 12.7. The normalized spacial score (nSPS) is 15.5. The van der Waals surface area contributed by atoms with Crippen LogP contribution in [0.2, 0.25) is 0 Å². The van der Waals surface area contributed by atoms with E-state index >= 15 is 0 Å². The van der Waals surface area contributed by atoms with Crippen molar-refractivity contribution in [1.82, 2.24) is 4.98 Å². The second-order valence-corrected chi connectivity index (χ2v) is 6.99. The number of carbonyl (C=O) groups excluding carboxylic acids is 3. The van der Waals surface area contributed by atoms with Gasteiger partial charge in [0.25, 0.3) is 11.8 Å². The van der Waals surface area contributed by atoms with Gasteiger partial charge in [0.2, 0.25) is 0 Å². The molecular formula is C20H23N3O5. The lowest BCUT2D eigenvalue weighted by atomic mass is 10.1. The Bertz CT molecular complexity index is 961. The van der Waals surface area contributed by atoms with Crippen LogP contribution in [-0.4, -0.2) is 35.0 Å². The zero-order valence-electron chi connectivity index (χ0n) is 16.4. The zero-order chi connectivity index (χ0) is 20.6. The van der Waals surface area contributed by atoms with Crippen LogP contribution >= 0.6 is 0 Å². The highest BCUT2D eigenvalue weighted by atomic mass is 16.5. The summed E-state index contributed by atoms with van der Waals surface area (Å²) in [5.41, 5.74) is 2.69. The Morgan fingerprint density at radius 2 is 1.96 bits per heavy atom. The molecule has 1 aliphatic heterocycles. The van der Waals surface area contributed by atoms with Gasteiger partial charge in [-0.2, -0.15) is 0 Å². The van der Waals surface area contributed by atoms with Crippen molar-refractivity contribution in [3.63, 3.8) is 0 Å². The summed E-state index contributed by atoms with van der Waals surface area (Å²) in [6, 6.07) is 4.98. The summed E-state index contributed by atoms with van der Waals surface area (Å²) in [7, 11) is 0. The molecule has 0 saturated carbocycles. The third-order valence-electron chi connectivity index (χ3n) is 4.38. The quantitative estimate of drug-likeness (QED) is 0.701. The van der Waals surface area contributed by atoms with Crippen LogP contribution < -0.4 is 15.4 Å². The summed E-state index contributed by atoms with van der Waals surface area (Å²) in [6.45, 7) is 8.60. The van der Waals surface area contributed by atoms with Crippen molar-refractivity contribution in [2.45, 2.75) is 46.8 Å². The average Bonchev–Trinajstić information content (AvgIpc) is 2.90. The van der Waals surface area contributed by atoms with E-state index in [1.54, 1.807) is 52.8 Å². The first-order chi connectivity index (χ1) is 13.2. The molecule has 148 valence electrons. The van der Waals surface area contributed by atoms with Gasteiger partial charge in [-0.25, -0.2) is 4.79 Å². The predicted molar refractivity (Wildman–Crippen MR) is 104 cm³/mol. The summed E-state index contributed by atoms with van der Waals surface area (Å²) in [6.07, 6.45) is -0.823. The molecule has 3 rings (SSSR count). The van der Waals surface area contributed by atoms with Crippen LogP contribution in [0.3, 0.4) is 0 Å². The lowest BCUT2D eigenvalue weighted by Gasteiger charge is -2.23. The highest BCUT2D eigenvalue weighted by Gasteiger charge is 2.25. The Balaban J connectivity index is 1.82. The van der Waals surface area contributed by atoms with E-state index in [0.717, 1.165) is 0 Å². The molecule has 0 fully saturated rings. The van der Waals surface area contributed by atoms with Gasteiger partial charge >= 0.3 is 5.97 Å². The molecule has 0 bridgehead atoms. The summed E-state index contributed by atoms with van der Waals surface area (Å²) in [4.78, 5) is 39.7. The van der Waals surface area contributed by atoms with E-state index in [2.05, 4.69) is 15.6 Å². The monoisotopic (exact) mass is 385 g/mol. The number of ether oxygens (including phenoxy) is 2. The molecule has 1 aromatic heterocycles. The standard InChI is InChI=1S/C20H23N3O5/c1-9(2)27-20(26)16-10(3)17(21-11(16)4)19(25)22-13-6-7-15-14(8-13)23-18(24)12(5)28-15/h6-9,12,21H,1-5H3,(H,22,25)(H,23,24)/t12-/m0/s1. The first kappa shape index (κ1) is 19.5. The van der Waals surface area contributed by atoms with E-state index in [1.807, 2.05) is 0 Å². The fourth-order valence-corrected chi connectivity index (χ4v) is 3.04. The highest BCUT2D eigenvalue weighted by molar-refractivity contribution is 6.07. The van der Waals surface area contributed by atoms with Gasteiger partial charge in [0.1, 0.15) is 11.4 Å². The van der Waals surface area contributed by atoms with Crippen molar-refractivity contribution in [1.29, 1.82) is 0 Å². The Labute approximate surface area is 162 Å². The number of aryl methyl sites for hydroxylation is 1. The number of benzene rings is 1. The number of H-pyrrole nitrogens is 1. The van der Waals surface area contributed by atoms with Gasteiger partial charge in [-0.05, 0) is 58.4 Å². The van der Waals surface area contributed by atoms with E-state index in [4.69, 9.17) is 9.47 Å². The molecule has 0 saturated heterocycles. The molecule has 2 heterocycles. The smallest absolute Gasteiger partial charge is 0.340 e. The maximum Gasteiger partial charge on any atom is 0.340 e. The van der Waals surface area contributed by atoms with E-state index in [9.17, 15) is 14.4 Å². The lowest BCUT2D eigenvalue weighted by Crippen LogP contribution is -2.34. The number of hydrogen-bond acceptors (Lipinski definition) is 5. The average molecular weight is 385 g/mol. The zero-order valence-corrected chi connectivity index (χ0v) is 16.4. The molecule has 3 N–H and O–H groups in total. The van der Waals surface area contributed by atoms with Gasteiger partial charge in [0, 0.05) is 11.4 Å². The van der Waals surface area contributed by atoms with Crippen molar-refractivity contribution >= 4 is 29.2 Å². The predicted octanol–water partition coefficient (Wildman–Crippen LogP) is 3.17. The van der Waals surface area contributed by atoms with Gasteiger partial charge in [-0.1, -0.05) is 0 Å². The fourth-order valence-electron chi connectivity index (χ4n) is 3.04. The molecule has 0 unspecified atom stereocenters. The SMILES string of the molecule is Cc1[nH]c(C(=O)Nc2ccc3c(c2)NC(=O)[C@H](C)O3)c(C)c1C(=O)OC(C)C. The Kier molecular flexibility index (Phi) is 5.13. The Morgan fingerprint density at radius 1 is 1.25 bits per heavy atom. The molecule has 1 aliphatic rings. The fraction of sp³-hybridized carbons (Fsp3) is 0.350. The molecule has 0 radical (unpaired) electrons. The van der Waals surface area contributed by atoms with Gasteiger partial charge in [-0.15, -0.1) is 0 Å². The summed E-state index contributed by atoms with van der Waals surface area (Å²) < 4.78 is 10.7. The van der Waals surface area contributed by atoms with Crippen LogP contribution in [0.1, 0.15) is 52.9 Å². The van der Waals surface area contributed by atoms with Crippen molar-refractivity contribution in [3.05, 3.63) is 40.7 Å². The molecule has 8 heteroatoms. The van der Waals surface area contributed by atoms with Gasteiger partial charge in [0.05, 0.1) is 17.4 Å². The van der Waals surface area contributed by atoms with Gasteiger partial charge in [0.15, 0.2) is 6.10 Å². The molecule has 0 spiro atoms. The largest absolute Gasteiger partial charge is 0.479 e. The van der Waals surface area contributed by atoms with Gasteiger partial charge in [-0.3, -0.25) is 9.59 Å². The van der Waals surface area contributed by atoms with Crippen LogP contribution in [-0.2, 0) is 9.53 Å². The van der Waals surface area contributed by atoms with E-state index in [-0.39, 0.29) is 17.7 Å². The second kappa shape index (κ2) is 7.38. The van der Waals surface area contributed by atoms with E-state index in [1.165, 1.54) is 0 Å². The van der Waals surface area contributed by atoms with Gasteiger partial charge < -0.3 is 25.1 Å². The third kappa shape index (κ3) is 3.71. The first-order valence-corrected chi connectivity index (χ1v) is 9.00. The highest BCUT2D eigenvalue weighted by Crippen LogP contribution is 2.32. The Hall–Kier alpha value is -3.29. The molecule has 2 aromatic rings. The van der Waals surface area contributed by atoms with Crippen molar-refractivity contribution in [2.75, 3.05) is 10.6 Å². The number of hydrogen-bond donors (Lipinski definition) is 3. The van der Waals surface area contributed by atoms with Crippen molar-refractivity contribution < 1.29 is 23.9 Å². The minimum Gasteiger partial charge on any atom is -0.479 e. The number of anilines is 2. The van der Waals surface area contributed by atoms with Crippen molar-refractivity contribution in [3.8, 4) is 5.75 Å². The van der Waals surface area contributed by atoms with Crippen LogP contribution in [0.5, 0.6) is 5.75 Å². The minimum absolute atomic E-state index is 0.250. The summed E-state index contributed by atoms with van der Waals surface area (Å²) in [5, 5.41) is 5.50. The number of esters is 1. The summed E-state index contributed by atoms with van der Waals surface area (Å²) in [5.74, 6) is -0.584. The topological polar surface area (TPSA) is 110 Å². The molecule has 0 aliphatic carbocycles. The van der Waals surface area contributed by atoms with Crippen LogP contribution in [0.25, 0.3) is 0 Å². The third-order valence-corrected chi connectivity index (χ3v) is 4.38. The first-order valence-electron chi connectivity index (χ1n) is 9.00. The molecule has 1 aromatic carbocycles. The number of amides is 2. The Morgan fingerprint density at radius 3 is 2.64 bits per heavy atom. The lowest BCUT2D eigenvalue weighted by molar-refractivity contribution is -0.122. The summed E-state index contributed by atoms with van der Waals surface area (Å²) >= 11 is 0. The van der Waals surface area contributed by atoms with E-state index < -0.39 is 18.0 Å². The molecule has 8 nitrogen and oxygen atoms in total. The van der Waals surface area contributed by atoms with Crippen molar-refractivity contribution in [2.24, 2.45) is 0 Å². The minimum atomic E-state index is -0.568. The number of carbonyl (C=O) groups is 3. The molecular weight excluding hydrogens is 362 g/mol. The number of aromatic nitrogens is 1. The second-order valence-electron chi connectivity index (χ2n) is 6.99. The molecule has 1 atom stereocenters. The molecule has 2 amide bonds. The number of nitrogens with one attached hydrogen (secondary N) is 3. The van der Waals surface area contributed by atoms with Crippen LogP contribution in [0.15, 0.2) is 18.2 Å². The number of rotatable bonds is 4. The van der Waals surface area contributed by atoms with Crippen LogP contribution in [0, 0.1) is 13.8 Å². The number of fused-ring (bicyclic) bond motifs is 1. The number of aromatic amines is 1. The van der Waals surface area contributed by atoms with Crippen LogP contribution in [0.4, 0.5) is 11.4 Å². The molecule has 28 heavy (non-hydrogen) atoms.